The summed E-state index contributed by atoms with van der Waals surface area (Å²) in [5.74, 6) is 0. The molecule has 0 aliphatic rings. The number of hydrogen-bond donors (Lipinski definition) is 1. The van der Waals surface area contributed by atoms with Crippen LogP contribution in [-0.4, -0.2) is 10.1 Å². The minimum absolute atomic E-state index is 0.224. The third-order valence-corrected chi connectivity index (χ3v) is 3.01. The molecule has 2 aromatic rings. The van der Waals surface area contributed by atoms with Crippen molar-refractivity contribution >= 4 is 11.3 Å². The Bertz CT molecular complexity index is 496. The van der Waals surface area contributed by atoms with E-state index in [1.54, 1.807) is 16.8 Å². The molecule has 0 saturated carbocycles. The Hall–Kier alpha value is -1.40. The summed E-state index contributed by atoms with van der Waals surface area (Å²) in [7, 11) is 0. The van der Waals surface area contributed by atoms with E-state index in [1.807, 2.05) is 0 Å². The zero-order chi connectivity index (χ0) is 12.5. The molecule has 2 nitrogen and oxygen atoms in total. The number of nitrogens with zero attached hydrogens (tertiary/aromatic N) is 1. The molecule has 1 N–H and O–H groups in total. The van der Waals surface area contributed by atoms with Gasteiger partial charge in [0.25, 0.3) is 0 Å². The summed E-state index contributed by atoms with van der Waals surface area (Å²) >= 11 is 1.31. The molecule has 90 valence electrons. The number of aromatic nitrogens is 1. The standard InChI is InChI=1S/C11H8F3NOS/c12-11(13,14)9-1-3-15-5-8(9)10(16)7-2-4-17-6-7/h1-6,10,16H. The van der Waals surface area contributed by atoms with Crippen molar-refractivity contribution < 1.29 is 18.3 Å². The van der Waals surface area contributed by atoms with Gasteiger partial charge in [0, 0.05) is 18.0 Å². The molecule has 0 saturated heterocycles. The van der Waals surface area contributed by atoms with Gasteiger partial charge in [0.05, 0.1) is 5.56 Å². The first-order valence-corrected chi connectivity index (χ1v) is 5.65. The van der Waals surface area contributed by atoms with Crippen LogP contribution in [0, 0.1) is 0 Å². The van der Waals surface area contributed by atoms with Gasteiger partial charge in [-0.2, -0.15) is 24.5 Å². The first-order valence-electron chi connectivity index (χ1n) is 4.71. The fourth-order valence-corrected chi connectivity index (χ4v) is 2.17. The number of hydrogen-bond acceptors (Lipinski definition) is 3. The van der Waals surface area contributed by atoms with Crippen LogP contribution in [0.1, 0.15) is 22.8 Å². The number of thiophene rings is 1. The number of aliphatic hydroxyl groups is 1. The molecule has 17 heavy (non-hydrogen) atoms. The highest BCUT2D eigenvalue weighted by Crippen LogP contribution is 2.36. The van der Waals surface area contributed by atoms with Crippen molar-refractivity contribution in [3.8, 4) is 0 Å². The second kappa shape index (κ2) is 4.46. The predicted molar refractivity (Wildman–Crippen MR) is 57.6 cm³/mol. The normalized spacial score (nSPS) is 13.6. The van der Waals surface area contributed by atoms with Crippen LogP contribution in [-0.2, 0) is 6.18 Å². The molecule has 0 spiro atoms. The summed E-state index contributed by atoms with van der Waals surface area (Å²) in [6.07, 6.45) is -3.68. The number of alkyl halides is 3. The van der Waals surface area contributed by atoms with Gasteiger partial charge >= 0.3 is 6.18 Å². The van der Waals surface area contributed by atoms with Gasteiger partial charge in [0.15, 0.2) is 0 Å². The third-order valence-electron chi connectivity index (χ3n) is 2.31. The van der Waals surface area contributed by atoms with E-state index in [0.29, 0.717) is 5.56 Å². The molecule has 2 aromatic heterocycles. The van der Waals surface area contributed by atoms with Crippen molar-refractivity contribution in [3.05, 3.63) is 52.0 Å². The third kappa shape index (κ3) is 2.48. The van der Waals surface area contributed by atoms with Crippen molar-refractivity contribution in [2.75, 3.05) is 0 Å². The summed E-state index contributed by atoms with van der Waals surface area (Å²) in [6.45, 7) is 0. The van der Waals surface area contributed by atoms with Gasteiger partial charge in [-0.15, -0.1) is 0 Å². The maximum absolute atomic E-state index is 12.7. The van der Waals surface area contributed by atoms with Crippen molar-refractivity contribution in [1.29, 1.82) is 0 Å². The summed E-state index contributed by atoms with van der Waals surface area (Å²) in [4.78, 5) is 3.63. The van der Waals surface area contributed by atoms with Crippen LogP contribution in [0.25, 0.3) is 0 Å². The monoisotopic (exact) mass is 259 g/mol. The van der Waals surface area contributed by atoms with Gasteiger partial charge in [0.1, 0.15) is 6.10 Å². The Morgan fingerprint density at radius 3 is 2.65 bits per heavy atom. The fraction of sp³-hybridized carbons (Fsp3) is 0.182. The van der Waals surface area contributed by atoms with E-state index >= 15 is 0 Å². The van der Waals surface area contributed by atoms with Crippen molar-refractivity contribution in [2.45, 2.75) is 12.3 Å². The Kier molecular flexibility index (Phi) is 3.17. The Labute approximate surface area is 99.4 Å². The molecule has 0 bridgehead atoms. The van der Waals surface area contributed by atoms with E-state index in [0.717, 1.165) is 18.5 Å². The van der Waals surface area contributed by atoms with Crippen molar-refractivity contribution in [2.24, 2.45) is 0 Å². The summed E-state index contributed by atoms with van der Waals surface area (Å²) in [6, 6.07) is 2.45. The van der Waals surface area contributed by atoms with E-state index in [1.165, 1.54) is 11.3 Å². The van der Waals surface area contributed by atoms with Crippen molar-refractivity contribution in [3.63, 3.8) is 0 Å². The smallest absolute Gasteiger partial charge is 0.384 e. The maximum atomic E-state index is 12.7. The van der Waals surface area contributed by atoms with Gasteiger partial charge < -0.3 is 5.11 Å². The fourth-order valence-electron chi connectivity index (χ4n) is 1.49. The Morgan fingerprint density at radius 1 is 1.29 bits per heavy atom. The zero-order valence-corrected chi connectivity index (χ0v) is 9.29. The number of pyridine rings is 1. The highest BCUT2D eigenvalue weighted by Gasteiger charge is 2.35. The van der Waals surface area contributed by atoms with E-state index in [9.17, 15) is 18.3 Å². The molecule has 0 aliphatic heterocycles. The van der Waals surface area contributed by atoms with Crippen LogP contribution in [0.3, 0.4) is 0 Å². The minimum Gasteiger partial charge on any atom is -0.384 e. The molecule has 1 atom stereocenters. The molecule has 0 aliphatic carbocycles. The molecule has 0 fully saturated rings. The van der Waals surface area contributed by atoms with E-state index in [2.05, 4.69) is 4.98 Å². The summed E-state index contributed by atoms with van der Waals surface area (Å²) in [5, 5.41) is 13.2. The molecule has 0 amide bonds. The molecule has 2 rings (SSSR count). The topological polar surface area (TPSA) is 33.1 Å². The van der Waals surface area contributed by atoms with Crippen LogP contribution in [0.2, 0.25) is 0 Å². The average molecular weight is 259 g/mol. The van der Waals surface area contributed by atoms with Gasteiger partial charge in [-0.1, -0.05) is 0 Å². The summed E-state index contributed by atoms with van der Waals surface area (Å²) in [5.41, 5.74) is -0.641. The lowest BCUT2D eigenvalue weighted by molar-refractivity contribution is -0.139. The Morgan fingerprint density at radius 2 is 2.06 bits per heavy atom. The number of halogens is 3. The molecule has 0 radical (unpaired) electrons. The van der Waals surface area contributed by atoms with Crippen LogP contribution >= 0.6 is 11.3 Å². The summed E-state index contributed by atoms with van der Waals surface area (Å²) < 4.78 is 38.1. The van der Waals surface area contributed by atoms with Crippen LogP contribution in [0.4, 0.5) is 13.2 Å². The number of aliphatic hydroxyl groups excluding tert-OH is 1. The lowest BCUT2D eigenvalue weighted by atomic mass is 10.0. The van der Waals surface area contributed by atoms with Crippen LogP contribution in [0.15, 0.2) is 35.3 Å². The lowest BCUT2D eigenvalue weighted by Gasteiger charge is -2.16. The molecule has 6 heteroatoms. The molecule has 1 unspecified atom stereocenters. The van der Waals surface area contributed by atoms with E-state index in [-0.39, 0.29) is 5.56 Å². The number of rotatable bonds is 2. The molecular formula is C11H8F3NOS. The lowest BCUT2D eigenvalue weighted by Crippen LogP contribution is -2.12. The van der Waals surface area contributed by atoms with Crippen LogP contribution in [0.5, 0.6) is 0 Å². The van der Waals surface area contributed by atoms with Crippen LogP contribution < -0.4 is 0 Å². The van der Waals surface area contributed by atoms with Gasteiger partial charge in [-0.3, -0.25) is 4.98 Å². The quantitative estimate of drug-likeness (QED) is 0.898. The van der Waals surface area contributed by atoms with Gasteiger partial charge in [-0.05, 0) is 28.5 Å². The van der Waals surface area contributed by atoms with Crippen molar-refractivity contribution in [1.82, 2.24) is 4.98 Å². The van der Waals surface area contributed by atoms with Gasteiger partial charge in [0.2, 0.25) is 0 Å². The second-order valence-electron chi connectivity index (χ2n) is 3.42. The van der Waals surface area contributed by atoms with E-state index in [4.69, 9.17) is 0 Å². The highest BCUT2D eigenvalue weighted by atomic mass is 32.1. The SMILES string of the molecule is OC(c1ccsc1)c1cnccc1C(F)(F)F. The second-order valence-corrected chi connectivity index (χ2v) is 4.20. The van der Waals surface area contributed by atoms with E-state index < -0.39 is 17.8 Å². The Balaban J connectivity index is 2.46. The zero-order valence-electron chi connectivity index (χ0n) is 8.48. The predicted octanol–water partition coefficient (Wildman–Crippen LogP) is 3.24. The molecular weight excluding hydrogens is 251 g/mol. The first-order chi connectivity index (χ1) is 8.00. The largest absolute Gasteiger partial charge is 0.416 e. The average Bonchev–Trinajstić information content (AvgIpc) is 2.80. The highest BCUT2D eigenvalue weighted by molar-refractivity contribution is 7.07. The molecule has 0 aromatic carbocycles. The minimum atomic E-state index is -4.49. The van der Waals surface area contributed by atoms with Gasteiger partial charge in [-0.25, -0.2) is 0 Å². The molecule has 2 heterocycles. The maximum Gasteiger partial charge on any atom is 0.416 e. The first kappa shape index (κ1) is 12.1.